The summed E-state index contributed by atoms with van der Waals surface area (Å²) in [6.07, 6.45) is -0.194. The third-order valence-electron chi connectivity index (χ3n) is 3.96. The van der Waals surface area contributed by atoms with E-state index in [0.717, 1.165) is 0 Å². The van der Waals surface area contributed by atoms with Gasteiger partial charge in [0.05, 0.1) is 25.6 Å². The van der Waals surface area contributed by atoms with Crippen molar-refractivity contribution >= 4 is 17.8 Å². The van der Waals surface area contributed by atoms with Gasteiger partial charge < -0.3 is 20.5 Å². The minimum absolute atomic E-state index is 0.0772. The van der Waals surface area contributed by atoms with Crippen molar-refractivity contribution in [2.75, 3.05) is 13.7 Å². The van der Waals surface area contributed by atoms with Crippen molar-refractivity contribution in [2.45, 2.75) is 32.7 Å². The molecule has 1 rings (SSSR count). The van der Waals surface area contributed by atoms with Crippen molar-refractivity contribution in [3.05, 3.63) is 29.8 Å². The van der Waals surface area contributed by atoms with E-state index < -0.39 is 23.3 Å². The summed E-state index contributed by atoms with van der Waals surface area (Å²) in [6.45, 7) is 5.10. The number of hydrogen-bond donors (Lipinski definition) is 3. The topological polar surface area (TPSA) is 105 Å². The SMILES string of the molecule is COc1cccc(C(=O)NCC(=O)NC(C)(CC(=O)O)C(C)C)c1. The van der Waals surface area contributed by atoms with Crippen LogP contribution in [0.5, 0.6) is 5.75 Å². The highest BCUT2D eigenvalue weighted by Gasteiger charge is 2.32. The number of benzene rings is 1. The molecular weight excluding hydrogens is 312 g/mol. The molecule has 0 saturated carbocycles. The zero-order valence-corrected chi connectivity index (χ0v) is 14.4. The van der Waals surface area contributed by atoms with E-state index in [1.54, 1.807) is 31.2 Å². The van der Waals surface area contributed by atoms with Gasteiger partial charge in [0.25, 0.3) is 5.91 Å². The largest absolute Gasteiger partial charge is 0.497 e. The second-order valence-corrected chi connectivity index (χ2v) is 6.11. The maximum atomic E-state index is 12.1. The number of aliphatic carboxylic acids is 1. The van der Waals surface area contributed by atoms with Gasteiger partial charge in [-0.05, 0) is 31.0 Å². The van der Waals surface area contributed by atoms with Gasteiger partial charge in [-0.15, -0.1) is 0 Å². The summed E-state index contributed by atoms with van der Waals surface area (Å²) in [5.74, 6) is -1.38. The van der Waals surface area contributed by atoms with Crippen LogP contribution in [0.1, 0.15) is 37.6 Å². The molecule has 0 bridgehead atoms. The first-order valence-electron chi connectivity index (χ1n) is 7.63. The van der Waals surface area contributed by atoms with E-state index in [-0.39, 0.29) is 18.9 Å². The fourth-order valence-corrected chi connectivity index (χ4v) is 2.10. The van der Waals surface area contributed by atoms with Crippen LogP contribution in [-0.2, 0) is 9.59 Å². The Hall–Kier alpha value is -2.57. The number of carbonyl (C=O) groups is 3. The molecule has 0 heterocycles. The van der Waals surface area contributed by atoms with Crippen LogP contribution in [0.4, 0.5) is 0 Å². The molecule has 0 radical (unpaired) electrons. The maximum Gasteiger partial charge on any atom is 0.305 e. The molecule has 0 aliphatic heterocycles. The predicted molar refractivity (Wildman–Crippen MR) is 89.0 cm³/mol. The molecule has 7 heteroatoms. The zero-order valence-electron chi connectivity index (χ0n) is 14.4. The second kappa shape index (κ2) is 8.33. The minimum Gasteiger partial charge on any atom is -0.497 e. The first-order chi connectivity index (χ1) is 11.2. The van der Waals surface area contributed by atoms with E-state index in [2.05, 4.69) is 10.6 Å². The highest BCUT2D eigenvalue weighted by atomic mass is 16.5. The van der Waals surface area contributed by atoms with E-state index in [9.17, 15) is 14.4 Å². The summed E-state index contributed by atoms with van der Waals surface area (Å²) in [7, 11) is 1.50. The number of amides is 2. The lowest BCUT2D eigenvalue weighted by Crippen LogP contribution is -2.53. The molecule has 0 aromatic heterocycles. The molecule has 0 spiro atoms. The summed E-state index contributed by atoms with van der Waals surface area (Å²) in [4.78, 5) is 35.1. The molecular formula is C17H24N2O5. The number of carboxylic acids is 1. The first-order valence-corrected chi connectivity index (χ1v) is 7.63. The molecule has 7 nitrogen and oxygen atoms in total. The lowest BCUT2D eigenvalue weighted by atomic mass is 9.85. The molecule has 2 amide bonds. The molecule has 0 fully saturated rings. The van der Waals surface area contributed by atoms with Crippen LogP contribution in [0.25, 0.3) is 0 Å². The molecule has 1 unspecified atom stereocenters. The van der Waals surface area contributed by atoms with Crippen LogP contribution < -0.4 is 15.4 Å². The lowest BCUT2D eigenvalue weighted by molar-refractivity contribution is -0.139. The number of carboxylic acid groups (broad SMARTS) is 1. The van der Waals surface area contributed by atoms with Crippen LogP contribution >= 0.6 is 0 Å². The lowest BCUT2D eigenvalue weighted by Gasteiger charge is -2.33. The summed E-state index contributed by atoms with van der Waals surface area (Å²) in [5.41, 5.74) is -0.511. The summed E-state index contributed by atoms with van der Waals surface area (Å²) in [6, 6.07) is 6.56. The van der Waals surface area contributed by atoms with Crippen molar-refractivity contribution in [2.24, 2.45) is 5.92 Å². The van der Waals surface area contributed by atoms with Gasteiger partial charge in [-0.1, -0.05) is 19.9 Å². The van der Waals surface area contributed by atoms with Crippen LogP contribution in [0.2, 0.25) is 0 Å². The van der Waals surface area contributed by atoms with E-state index in [1.165, 1.54) is 7.11 Å². The monoisotopic (exact) mass is 336 g/mol. The molecule has 0 aliphatic carbocycles. The van der Waals surface area contributed by atoms with Crippen LogP contribution in [0.3, 0.4) is 0 Å². The zero-order chi connectivity index (χ0) is 18.3. The smallest absolute Gasteiger partial charge is 0.305 e. The standard InChI is InChI=1S/C17H24N2O5/c1-11(2)17(3,9-15(21)22)19-14(20)10-18-16(23)12-6-5-7-13(8-12)24-4/h5-8,11H,9-10H2,1-4H3,(H,18,23)(H,19,20)(H,21,22). The van der Waals surface area contributed by atoms with E-state index in [1.807, 2.05) is 13.8 Å². The third-order valence-corrected chi connectivity index (χ3v) is 3.96. The van der Waals surface area contributed by atoms with Crippen molar-refractivity contribution in [3.8, 4) is 5.75 Å². The van der Waals surface area contributed by atoms with Gasteiger partial charge in [-0.3, -0.25) is 14.4 Å². The molecule has 1 aromatic carbocycles. The van der Waals surface area contributed by atoms with Gasteiger partial charge in [0.1, 0.15) is 5.75 Å². The Labute approximate surface area is 141 Å². The van der Waals surface area contributed by atoms with Crippen molar-refractivity contribution in [3.63, 3.8) is 0 Å². The molecule has 3 N–H and O–H groups in total. The van der Waals surface area contributed by atoms with Gasteiger partial charge >= 0.3 is 5.97 Å². The Morgan fingerprint density at radius 2 is 1.96 bits per heavy atom. The van der Waals surface area contributed by atoms with Crippen LogP contribution in [0, 0.1) is 5.92 Å². The highest BCUT2D eigenvalue weighted by molar-refractivity contribution is 5.96. The van der Waals surface area contributed by atoms with Crippen LogP contribution in [0.15, 0.2) is 24.3 Å². The van der Waals surface area contributed by atoms with E-state index in [0.29, 0.717) is 11.3 Å². The second-order valence-electron chi connectivity index (χ2n) is 6.11. The summed E-state index contributed by atoms with van der Waals surface area (Å²) in [5, 5.41) is 14.2. The average Bonchev–Trinajstić information content (AvgIpc) is 2.51. The van der Waals surface area contributed by atoms with Crippen molar-refractivity contribution in [1.29, 1.82) is 0 Å². The number of carbonyl (C=O) groups excluding carboxylic acids is 2. The quantitative estimate of drug-likeness (QED) is 0.666. The number of methoxy groups -OCH3 is 1. The van der Waals surface area contributed by atoms with Gasteiger partial charge in [-0.25, -0.2) is 0 Å². The van der Waals surface area contributed by atoms with Gasteiger partial charge in [-0.2, -0.15) is 0 Å². The maximum absolute atomic E-state index is 12.1. The predicted octanol–water partition coefficient (Wildman–Crippen LogP) is 1.43. The Kier molecular flexibility index (Phi) is 6.76. The number of nitrogens with one attached hydrogen (secondary N) is 2. The Balaban J connectivity index is 2.64. The normalized spacial score (nSPS) is 13.0. The molecule has 24 heavy (non-hydrogen) atoms. The van der Waals surface area contributed by atoms with Crippen LogP contribution in [-0.4, -0.2) is 42.1 Å². The average molecular weight is 336 g/mol. The first kappa shape index (κ1) is 19.5. The molecule has 132 valence electrons. The van der Waals surface area contributed by atoms with E-state index in [4.69, 9.17) is 9.84 Å². The summed E-state index contributed by atoms with van der Waals surface area (Å²) >= 11 is 0. The Morgan fingerprint density at radius 3 is 2.50 bits per heavy atom. The van der Waals surface area contributed by atoms with Gasteiger partial charge in [0.2, 0.25) is 5.91 Å². The van der Waals surface area contributed by atoms with Crippen molar-refractivity contribution < 1.29 is 24.2 Å². The third kappa shape index (κ3) is 5.57. The number of rotatable bonds is 8. The van der Waals surface area contributed by atoms with Crippen molar-refractivity contribution in [1.82, 2.24) is 10.6 Å². The summed E-state index contributed by atoms with van der Waals surface area (Å²) < 4.78 is 5.04. The fourth-order valence-electron chi connectivity index (χ4n) is 2.10. The number of ether oxygens (including phenoxy) is 1. The molecule has 0 aliphatic rings. The Bertz CT molecular complexity index is 615. The molecule has 0 saturated heterocycles. The number of hydrogen-bond acceptors (Lipinski definition) is 4. The highest BCUT2D eigenvalue weighted by Crippen LogP contribution is 2.20. The molecule has 1 atom stereocenters. The molecule has 1 aromatic rings. The minimum atomic E-state index is -0.994. The fraction of sp³-hybridized carbons (Fsp3) is 0.471. The van der Waals surface area contributed by atoms with Gasteiger partial charge in [0.15, 0.2) is 0 Å². The van der Waals surface area contributed by atoms with Gasteiger partial charge in [0, 0.05) is 5.56 Å². The Morgan fingerprint density at radius 1 is 1.29 bits per heavy atom. The van der Waals surface area contributed by atoms with E-state index >= 15 is 0 Å².